The van der Waals surface area contributed by atoms with Crippen LogP contribution in [0, 0.1) is 0 Å². The van der Waals surface area contributed by atoms with Gasteiger partial charge in [0.2, 0.25) is 5.84 Å². The lowest BCUT2D eigenvalue weighted by atomic mass is 10.1. The molecule has 0 saturated carbocycles. The summed E-state index contributed by atoms with van der Waals surface area (Å²) in [7, 11) is 0. The van der Waals surface area contributed by atoms with Gasteiger partial charge in [0.1, 0.15) is 12.4 Å². The number of nitrogens with zero attached hydrogens (tertiary/aromatic N) is 2. The average Bonchev–Trinajstić information content (AvgIpc) is 3.10. The predicted octanol–water partition coefficient (Wildman–Crippen LogP) is 6.50. The number of aliphatic imine (C=N–C) groups is 1. The van der Waals surface area contributed by atoms with Crippen molar-refractivity contribution < 1.29 is 14.4 Å². The van der Waals surface area contributed by atoms with E-state index in [1.807, 2.05) is 13.1 Å². The smallest absolute Gasteiger partial charge is 0.360 e. The number of hydrogen-bond acceptors (Lipinski definition) is 3. The van der Waals surface area contributed by atoms with Crippen molar-refractivity contribution in [3.8, 4) is 0 Å². The molecule has 2 atom stereocenters. The minimum Gasteiger partial charge on any atom is -0.477 e. The van der Waals surface area contributed by atoms with Crippen LogP contribution in [0.1, 0.15) is 110 Å². The van der Waals surface area contributed by atoms with E-state index in [2.05, 4.69) is 24.1 Å². The van der Waals surface area contributed by atoms with E-state index in [4.69, 9.17) is 5.73 Å². The summed E-state index contributed by atoms with van der Waals surface area (Å²) < 4.78 is 0.167. The van der Waals surface area contributed by atoms with Crippen LogP contribution >= 0.6 is 0 Å². The second-order valence-electron chi connectivity index (χ2n) is 8.75. The number of amidine groups is 1. The second-order valence-corrected chi connectivity index (χ2v) is 8.75. The third kappa shape index (κ3) is 10.5. The van der Waals surface area contributed by atoms with Gasteiger partial charge in [0.15, 0.2) is 6.54 Å². The molecular formula is C25H46N3O2+. The number of carboxylic acids is 1. The predicted molar refractivity (Wildman–Crippen MR) is 127 cm³/mol. The zero-order valence-corrected chi connectivity index (χ0v) is 19.5. The van der Waals surface area contributed by atoms with Crippen LogP contribution in [0.3, 0.4) is 0 Å². The third-order valence-electron chi connectivity index (χ3n) is 6.07. The maximum absolute atomic E-state index is 11.3. The Morgan fingerprint density at radius 2 is 1.53 bits per heavy atom. The number of allylic oxidation sites excluding steroid dienone is 2. The van der Waals surface area contributed by atoms with Crippen LogP contribution in [-0.4, -0.2) is 34.1 Å². The Labute approximate surface area is 184 Å². The van der Waals surface area contributed by atoms with Gasteiger partial charge in [0, 0.05) is 13.3 Å². The highest BCUT2D eigenvalue weighted by Crippen LogP contribution is 2.23. The number of nitrogens with two attached hydrogens (primary N) is 1. The number of unbranched alkanes of at least 4 members (excludes halogenated alkanes) is 12. The molecule has 0 fully saturated rings. The van der Waals surface area contributed by atoms with Crippen LogP contribution in [0.2, 0.25) is 0 Å². The third-order valence-corrected chi connectivity index (χ3v) is 6.07. The van der Waals surface area contributed by atoms with Gasteiger partial charge in [-0.3, -0.25) is 5.73 Å². The van der Waals surface area contributed by atoms with Crippen LogP contribution in [-0.2, 0) is 4.79 Å². The van der Waals surface area contributed by atoms with Crippen LogP contribution in [0.5, 0.6) is 0 Å². The topological polar surface area (TPSA) is 75.7 Å². The Morgan fingerprint density at radius 3 is 2.07 bits per heavy atom. The molecule has 0 amide bonds. The monoisotopic (exact) mass is 420 g/mol. The van der Waals surface area contributed by atoms with E-state index in [0.717, 1.165) is 18.7 Å². The highest BCUT2D eigenvalue weighted by atomic mass is 16.4. The van der Waals surface area contributed by atoms with E-state index < -0.39 is 5.97 Å². The lowest BCUT2D eigenvalue weighted by molar-refractivity contribution is -0.805. The summed E-state index contributed by atoms with van der Waals surface area (Å²) >= 11 is 0. The van der Waals surface area contributed by atoms with Crippen LogP contribution < -0.4 is 5.73 Å². The van der Waals surface area contributed by atoms with Gasteiger partial charge in [-0.05, 0) is 32.1 Å². The molecule has 1 heterocycles. The first-order chi connectivity index (χ1) is 14.5. The molecule has 0 spiro atoms. The fraction of sp³-hybridized carbons (Fsp3) is 0.760. The van der Waals surface area contributed by atoms with E-state index in [1.54, 1.807) is 6.20 Å². The van der Waals surface area contributed by atoms with Crippen molar-refractivity contribution in [1.82, 2.24) is 0 Å². The van der Waals surface area contributed by atoms with Gasteiger partial charge in [-0.15, -0.1) is 0 Å². The molecule has 5 nitrogen and oxygen atoms in total. The molecule has 3 N–H and O–H groups in total. The zero-order chi connectivity index (χ0) is 22.1. The highest BCUT2D eigenvalue weighted by molar-refractivity contribution is 5.81. The largest absolute Gasteiger partial charge is 0.477 e. The van der Waals surface area contributed by atoms with Crippen molar-refractivity contribution >= 4 is 11.8 Å². The average molecular weight is 421 g/mol. The molecule has 0 aromatic rings. The van der Waals surface area contributed by atoms with E-state index >= 15 is 0 Å². The summed E-state index contributed by atoms with van der Waals surface area (Å²) in [6.45, 7) is 4.10. The highest BCUT2D eigenvalue weighted by Gasteiger charge is 2.40. The van der Waals surface area contributed by atoms with Gasteiger partial charge in [0.05, 0.1) is 6.20 Å². The Morgan fingerprint density at radius 1 is 1.00 bits per heavy atom. The van der Waals surface area contributed by atoms with Crippen molar-refractivity contribution in [3.05, 3.63) is 24.6 Å². The summed E-state index contributed by atoms with van der Waals surface area (Å²) in [6.07, 6.45) is 26.8. The van der Waals surface area contributed by atoms with Gasteiger partial charge in [-0.25, -0.2) is 14.3 Å². The Hall–Kier alpha value is -1.46. The number of hydrogen-bond donors (Lipinski definition) is 2. The van der Waals surface area contributed by atoms with Crippen LogP contribution in [0.15, 0.2) is 29.5 Å². The quantitative estimate of drug-likeness (QED) is 0.142. The van der Waals surface area contributed by atoms with Crippen LogP contribution in [0.25, 0.3) is 0 Å². The number of quaternary nitrogens is 1. The Balaban J connectivity index is 2.02. The molecule has 30 heavy (non-hydrogen) atoms. The van der Waals surface area contributed by atoms with E-state index in [9.17, 15) is 9.90 Å². The molecule has 172 valence electrons. The molecule has 1 aliphatic rings. The van der Waals surface area contributed by atoms with Gasteiger partial charge >= 0.3 is 5.97 Å². The van der Waals surface area contributed by atoms with Crippen molar-refractivity contribution in [2.45, 2.75) is 116 Å². The summed E-state index contributed by atoms with van der Waals surface area (Å²) in [4.78, 5) is 15.7. The first kappa shape index (κ1) is 26.6. The molecule has 0 aromatic carbocycles. The van der Waals surface area contributed by atoms with Crippen molar-refractivity contribution in [1.29, 1.82) is 0 Å². The standard InChI is InChI=1S/C25H45N3O2/c1-3-4-5-6-7-8-9-10-11-12-13-14-15-16-17-18-19-24-27-20-21-28(24,23(2)26)22-25(29)30/h10-11,20-21,23H,3-9,12-19,22,26H2,1-2H3/p+1/b11-10+. The minimum absolute atomic E-state index is 0.0284. The summed E-state index contributed by atoms with van der Waals surface area (Å²) in [5, 5.41) is 9.25. The number of carbonyl (C=O) groups is 1. The summed E-state index contributed by atoms with van der Waals surface area (Å²) in [5.74, 6) is 0.0514. The van der Waals surface area contributed by atoms with Crippen LogP contribution in [0.4, 0.5) is 0 Å². The Kier molecular flexibility index (Phi) is 14.4. The maximum Gasteiger partial charge on any atom is 0.360 e. The van der Waals surface area contributed by atoms with E-state index in [-0.39, 0.29) is 17.2 Å². The molecular weight excluding hydrogens is 374 g/mol. The molecule has 0 saturated heterocycles. The lowest BCUT2D eigenvalue weighted by Crippen LogP contribution is -2.59. The van der Waals surface area contributed by atoms with Crippen molar-refractivity contribution in [2.24, 2.45) is 10.7 Å². The lowest BCUT2D eigenvalue weighted by Gasteiger charge is -2.34. The molecule has 1 aliphatic heterocycles. The van der Waals surface area contributed by atoms with E-state index in [0.29, 0.717) is 0 Å². The fourth-order valence-electron chi connectivity index (χ4n) is 4.12. The van der Waals surface area contributed by atoms with Gasteiger partial charge < -0.3 is 5.11 Å². The Bertz CT molecular complexity index is 555. The minimum atomic E-state index is -0.840. The molecule has 2 unspecified atom stereocenters. The van der Waals surface area contributed by atoms with Crippen molar-refractivity contribution in [2.75, 3.05) is 6.54 Å². The molecule has 0 aliphatic carbocycles. The van der Waals surface area contributed by atoms with E-state index in [1.165, 1.54) is 83.5 Å². The summed E-state index contributed by atoms with van der Waals surface area (Å²) in [5.41, 5.74) is 6.10. The first-order valence-electron chi connectivity index (χ1n) is 12.3. The second kappa shape index (κ2) is 16.3. The number of carboxylic acid groups (broad SMARTS) is 1. The SMILES string of the molecule is CCCCCCCC/C=C/CCCCCCCCC1=NC=C[N+]1(CC(=O)O)C(C)N. The fourth-order valence-corrected chi connectivity index (χ4v) is 4.12. The maximum atomic E-state index is 11.3. The van der Waals surface area contributed by atoms with Gasteiger partial charge in [0.25, 0.3) is 0 Å². The van der Waals surface area contributed by atoms with Gasteiger partial charge in [-0.1, -0.05) is 76.9 Å². The molecule has 1 rings (SSSR count). The number of rotatable bonds is 19. The molecule has 0 aromatic heterocycles. The zero-order valence-electron chi connectivity index (χ0n) is 19.5. The molecule has 0 radical (unpaired) electrons. The molecule has 5 heteroatoms. The summed E-state index contributed by atoms with van der Waals surface area (Å²) in [6, 6.07) is 0. The number of aliphatic carboxylic acids is 1. The normalized spacial score (nSPS) is 19.5. The van der Waals surface area contributed by atoms with Crippen molar-refractivity contribution in [3.63, 3.8) is 0 Å². The molecule has 0 bridgehead atoms. The van der Waals surface area contributed by atoms with Gasteiger partial charge in [-0.2, -0.15) is 0 Å². The first-order valence-corrected chi connectivity index (χ1v) is 12.3.